The zero-order chi connectivity index (χ0) is 17.8. The molecule has 1 aliphatic rings. The molecule has 0 atom stereocenters. The van der Waals surface area contributed by atoms with Crippen LogP contribution in [0.4, 0.5) is 17.1 Å². The minimum absolute atomic E-state index is 0.331. The Balaban J connectivity index is 1.91. The van der Waals surface area contributed by atoms with E-state index >= 15 is 0 Å². The number of nitrogens with one attached hydrogen (secondary N) is 1. The molecule has 4 rings (SSSR count). The summed E-state index contributed by atoms with van der Waals surface area (Å²) in [4.78, 5) is 4.73. The van der Waals surface area contributed by atoms with E-state index in [0.717, 1.165) is 39.0 Å². The lowest BCUT2D eigenvalue weighted by Crippen LogP contribution is -1.99. The van der Waals surface area contributed by atoms with Gasteiger partial charge in [-0.2, -0.15) is 0 Å². The third kappa shape index (κ3) is 2.55. The Morgan fingerprint density at radius 3 is 2.64 bits per heavy atom. The highest BCUT2D eigenvalue weighted by Gasteiger charge is 2.26. The van der Waals surface area contributed by atoms with Crippen molar-refractivity contribution in [2.45, 2.75) is 18.7 Å². The number of nitrogens with two attached hydrogens (primary N) is 1. The van der Waals surface area contributed by atoms with Crippen LogP contribution >= 0.6 is 0 Å². The topological polar surface area (TPSA) is 85.1 Å². The third-order valence-electron chi connectivity index (χ3n) is 4.44. The third-order valence-corrected chi connectivity index (χ3v) is 6.05. The van der Waals surface area contributed by atoms with Gasteiger partial charge in [-0.1, -0.05) is 6.07 Å². The van der Waals surface area contributed by atoms with Gasteiger partial charge in [0.15, 0.2) is 0 Å². The van der Waals surface area contributed by atoms with Gasteiger partial charge in [-0.15, -0.1) is 0 Å². The number of fused-ring (bicyclic) bond motifs is 2. The normalized spacial score (nSPS) is 15.0. The average molecular weight is 351 g/mol. The fourth-order valence-electron chi connectivity index (χ4n) is 3.10. The first-order valence-corrected chi connectivity index (χ1v) is 9.39. The van der Waals surface area contributed by atoms with Crippen LogP contribution in [0.3, 0.4) is 0 Å². The minimum Gasteiger partial charge on any atom is -0.399 e. The number of hydrogen-bond donors (Lipinski definition) is 2. The van der Waals surface area contributed by atoms with Crippen LogP contribution in [-0.2, 0) is 9.84 Å². The highest BCUT2D eigenvalue weighted by Crippen LogP contribution is 2.38. The number of sulfone groups is 1. The first-order valence-electron chi connectivity index (χ1n) is 7.85. The van der Waals surface area contributed by atoms with Crippen LogP contribution in [0.15, 0.2) is 52.9 Å². The Kier molecular flexibility index (Phi) is 3.33. The van der Waals surface area contributed by atoms with E-state index in [4.69, 9.17) is 5.73 Å². The molecule has 3 aromatic rings. The summed E-state index contributed by atoms with van der Waals surface area (Å²) in [5.74, 6) is 0. The Labute approximate surface area is 146 Å². The predicted molar refractivity (Wildman–Crippen MR) is 101 cm³/mol. The van der Waals surface area contributed by atoms with Gasteiger partial charge < -0.3 is 11.1 Å². The number of aryl methyl sites for hydroxylation is 1. The van der Waals surface area contributed by atoms with Crippen molar-refractivity contribution in [1.29, 1.82) is 0 Å². The van der Waals surface area contributed by atoms with Gasteiger partial charge in [-0.3, -0.25) is 4.98 Å². The summed E-state index contributed by atoms with van der Waals surface area (Å²) >= 11 is 0. The van der Waals surface area contributed by atoms with E-state index in [2.05, 4.69) is 10.3 Å². The maximum atomic E-state index is 12.3. The van der Waals surface area contributed by atoms with Gasteiger partial charge in [0.2, 0.25) is 9.84 Å². The number of nitrogen functional groups attached to an aromatic ring is 1. The van der Waals surface area contributed by atoms with Crippen LogP contribution < -0.4 is 11.1 Å². The largest absolute Gasteiger partial charge is 0.399 e. The number of anilines is 3. The molecule has 1 aliphatic heterocycles. The second kappa shape index (κ2) is 5.32. The Bertz CT molecular complexity index is 1160. The molecular formula is C19H17N3O2S. The van der Waals surface area contributed by atoms with E-state index in [9.17, 15) is 8.42 Å². The van der Waals surface area contributed by atoms with Gasteiger partial charge in [0, 0.05) is 34.1 Å². The van der Waals surface area contributed by atoms with Crippen molar-refractivity contribution in [3.63, 3.8) is 0 Å². The molecule has 5 nitrogen and oxygen atoms in total. The van der Waals surface area contributed by atoms with E-state index in [0.29, 0.717) is 10.6 Å². The fourth-order valence-corrected chi connectivity index (χ4v) is 4.63. The molecule has 0 bridgehead atoms. The number of allylic oxidation sites excluding steroid dienone is 1. The molecule has 0 aliphatic carbocycles. The van der Waals surface area contributed by atoms with Crippen LogP contribution in [0.2, 0.25) is 0 Å². The molecule has 2 heterocycles. The number of rotatable bonds is 2. The molecule has 0 saturated carbocycles. The van der Waals surface area contributed by atoms with Crippen LogP contribution in [0.25, 0.3) is 16.5 Å². The summed E-state index contributed by atoms with van der Waals surface area (Å²) in [7, 11) is -3.39. The first-order chi connectivity index (χ1) is 11.8. The van der Waals surface area contributed by atoms with Crippen molar-refractivity contribution in [3.8, 4) is 0 Å². The van der Waals surface area contributed by atoms with E-state index in [1.807, 2.05) is 37.3 Å². The SMILES string of the molecule is CC1=CS(=O)(=O)c2cc3c(Nc4cc(N)ccc4C)ccnc3cc21. The number of benzene rings is 2. The summed E-state index contributed by atoms with van der Waals surface area (Å²) in [6, 6.07) is 11.0. The summed E-state index contributed by atoms with van der Waals surface area (Å²) in [6.07, 6.45) is 1.71. The molecule has 1 aromatic heterocycles. The van der Waals surface area contributed by atoms with Crippen molar-refractivity contribution in [1.82, 2.24) is 4.98 Å². The molecule has 0 amide bonds. The Morgan fingerprint density at radius 2 is 1.84 bits per heavy atom. The summed E-state index contributed by atoms with van der Waals surface area (Å²) < 4.78 is 24.7. The zero-order valence-corrected chi connectivity index (χ0v) is 14.7. The molecule has 3 N–H and O–H groups in total. The lowest BCUT2D eigenvalue weighted by molar-refractivity contribution is 0.605. The Hall–Kier alpha value is -2.86. The average Bonchev–Trinajstić information content (AvgIpc) is 2.78. The molecule has 0 fully saturated rings. The second-order valence-electron chi connectivity index (χ2n) is 6.27. The molecule has 2 aromatic carbocycles. The zero-order valence-electron chi connectivity index (χ0n) is 13.9. The van der Waals surface area contributed by atoms with Gasteiger partial charge in [-0.05, 0) is 60.9 Å². The van der Waals surface area contributed by atoms with E-state index in [1.54, 1.807) is 19.2 Å². The monoisotopic (exact) mass is 351 g/mol. The van der Waals surface area contributed by atoms with Crippen molar-refractivity contribution in [3.05, 3.63) is 59.1 Å². The van der Waals surface area contributed by atoms with Crippen molar-refractivity contribution in [2.24, 2.45) is 0 Å². The molecule has 126 valence electrons. The van der Waals surface area contributed by atoms with E-state index in [1.165, 1.54) is 5.41 Å². The molecular weight excluding hydrogens is 334 g/mol. The second-order valence-corrected chi connectivity index (χ2v) is 8.03. The lowest BCUT2D eigenvalue weighted by atomic mass is 10.1. The van der Waals surface area contributed by atoms with Crippen molar-refractivity contribution >= 4 is 43.4 Å². The van der Waals surface area contributed by atoms with Crippen LogP contribution in [-0.4, -0.2) is 13.4 Å². The highest BCUT2D eigenvalue weighted by atomic mass is 32.2. The molecule has 0 radical (unpaired) electrons. The maximum Gasteiger partial charge on any atom is 0.200 e. The predicted octanol–water partition coefficient (Wildman–Crippen LogP) is 4.02. The van der Waals surface area contributed by atoms with Gasteiger partial charge in [-0.25, -0.2) is 8.42 Å². The van der Waals surface area contributed by atoms with Crippen LogP contribution in [0, 0.1) is 6.92 Å². The maximum absolute atomic E-state index is 12.3. The first kappa shape index (κ1) is 15.7. The molecule has 6 heteroatoms. The van der Waals surface area contributed by atoms with Crippen LogP contribution in [0.5, 0.6) is 0 Å². The summed E-state index contributed by atoms with van der Waals surface area (Å²) in [6.45, 7) is 3.79. The van der Waals surface area contributed by atoms with Crippen molar-refractivity contribution < 1.29 is 8.42 Å². The number of aromatic nitrogens is 1. The van der Waals surface area contributed by atoms with Gasteiger partial charge in [0.1, 0.15) is 0 Å². The molecule has 0 unspecified atom stereocenters. The quantitative estimate of drug-likeness (QED) is 0.681. The van der Waals surface area contributed by atoms with E-state index in [-0.39, 0.29) is 0 Å². The summed E-state index contributed by atoms with van der Waals surface area (Å²) in [5, 5.41) is 5.42. The fraction of sp³-hybridized carbons (Fsp3) is 0.105. The van der Waals surface area contributed by atoms with Crippen LogP contribution in [0.1, 0.15) is 18.1 Å². The van der Waals surface area contributed by atoms with Crippen molar-refractivity contribution in [2.75, 3.05) is 11.1 Å². The van der Waals surface area contributed by atoms with E-state index < -0.39 is 9.84 Å². The highest BCUT2D eigenvalue weighted by molar-refractivity contribution is 7.95. The minimum atomic E-state index is -3.39. The molecule has 25 heavy (non-hydrogen) atoms. The molecule has 0 spiro atoms. The van der Waals surface area contributed by atoms with Gasteiger partial charge in [0.25, 0.3) is 0 Å². The van der Waals surface area contributed by atoms with Gasteiger partial charge >= 0.3 is 0 Å². The summed E-state index contributed by atoms with van der Waals surface area (Å²) in [5.41, 5.74) is 11.5. The number of hydrogen-bond acceptors (Lipinski definition) is 5. The lowest BCUT2D eigenvalue weighted by Gasteiger charge is -2.13. The Morgan fingerprint density at radius 1 is 1.04 bits per heavy atom. The smallest absolute Gasteiger partial charge is 0.200 e. The van der Waals surface area contributed by atoms with Gasteiger partial charge in [0.05, 0.1) is 10.4 Å². The standard InChI is InChI=1S/C19H17N3O2S/c1-11-3-4-13(20)7-17(11)22-16-5-6-21-18-8-14-12(2)10-25(23,24)19(14)9-15(16)18/h3-10H,20H2,1-2H3,(H,21,22). The number of pyridine rings is 1. The molecule has 0 saturated heterocycles. The number of nitrogens with zero attached hydrogens (tertiary/aromatic N) is 1.